The van der Waals surface area contributed by atoms with Gasteiger partial charge in [-0.15, -0.1) is 10.2 Å². The number of alkyl halides is 3. The molecule has 0 amide bonds. The monoisotopic (exact) mass is 389 g/mol. The zero-order valence-corrected chi connectivity index (χ0v) is 15.8. The second-order valence-corrected chi connectivity index (χ2v) is 6.89. The van der Waals surface area contributed by atoms with Crippen molar-refractivity contribution in [3.05, 3.63) is 71.1 Å². The maximum absolute atomic E-state index is 12.7. The molecule has 0 saturated carbocycles. The summed E-state index contributed by atoms with van der Waals surface area (Å²) in [6.07, 6.45) is -3.23. The van der Waals surface area contributed by atoms with Crippen LogP contribution in [-0.2, 0) is 19.0 Å². The number of aromatic nitrogens is 2. The summed E-state index contributed by atoms with van der Waals surface area (Å²) >= 11 is 0. The fourth-order valence-electron chi connectivity index (χ4n) is 2.85. The van der Waals surface area contributed by atoms with Crippen molar-refractivity contribution >= 4 is 0 Å². The van der Waals surface area contributed by atoms with Crippen molar-refractivity contribution in [2.24, 2.45) is 0 Å². The lowest BCUT2D eigenvalue weighted by molar-refractivity contribution is -0.137. The van der Waals surface area contributed by atoms with Crippen molar-refractivity contribution in [1.29, 1.82) is 0 Å². The number of hydrogen-bond donors (Lipinski definition) is 1. The Balaban J connectivity index is 1.76. The molecule has 0 unspecified atom stereocenters. The molecule has 1 N–H and O–H groups in total. The Morgan fingerprint density at radius 2 is 1.71 bits per heavy atom. The van der Waals surface area contributed by atoms with E-state index < -0.39 is 11.7 Å². The first-order valence-corrected chi connectivity index (χ1v) is 9.13. The zero-order chi connectivity index (χ0) is 20.1. The van der Waals surface area contributed by atoms with Gasteiger partial charge in [-0.3, -0.25) is 0 Å². The van der Waals surface area contributed by atoms with Crippen LogP contribution in [-0.4, -0.2) is 22.8 Å². The second-order valence-electron chi connectivity index (χ2n) is 6.89. The van der Waals surface area contributed by atoms with Gasteiger partial charge < -0.3 is 9.73 Å². The molecule has 0 spiro atoms. The predicted molar refractivity (Wildman–Crippen MR) is 101 cm³/mol. The molecule has 0 fully saturated rings. The standard InChI is InChI=1S/C21H22F3N3O/c1-14(2)25-12-11-19-26-27-20(28-19)18-6-4-3-5-16(18)13-15-7-9-17(10-8-15)21(22,23)24/h3-10,14,25H,11-13H2,1-2H3. The molecular weight excluding hydrogens is 367 g/mol. The summed E-state index contributed by atoms with van der Waals surface area (Å²) in [7, 11) is 0. The van der Waals surface area contributed by atoms with Crippen molar-refractivity contribution in [3.63, 3.8) is 0 Å². The second kappa shape index (κ2) is 8.56. The fraction of sp³-hybridized carbons (Fsp3) is 0.333. The Labute approximate surface area is 161 Å². The van der Waals surface area contributed by atoms with Gasteiger partial charge in [-0.1, -0.05) is 44.2 Å². The summed E-state index contributed by atoms with van der Waals surface area (Å²) in [6.45, 7) is 4.87. The van der Waals surface area contributed by atoms with E-state index in [-0.39, 0.29) is 0 Å². The van der Waals surface area contributed by atoms with Gasteiger partial charge in [0.2, 0.25) is 11.8 Å². The number of rotatable bonds is 7. The first-order valence-electron chi connectivity index (χ1n) is 9.13. The maximum Gasteiger partial charge on any atom is 0.416 e. The van der Waals surface area contributed by atoms with Crippen molar-refractivity contribution in [2.75, 3.05) is 6.54 Å². The van der Waals surface area contributed by atoms with Crippen LogP contribution < -0.4 is 5.32 Å². The summed E-state index contributed by atoms with van der Waals surface area (Å²) in [5.41, 5.74) is 1.83. The van der Waals surface area contributed by atoms with Crippen LogP contribution in [0.1, 0.15) is 36.4 Å². The summed E-state index contributed by atoms with van der Waals surface area (Å²) in [5, 5.41) is 11.5. The Morgan fingerprint density at radius 1 is 1.00 bits per heavy atom. The van der Waals surface area contributed by atoms with E-state index in [1.165, 1.54) is 12.1 Å². The van der Waals surface area contributed by atoms with E-state index in [4.69, 9.17) is 4.42 Å². The first-order chi connectivity index (χ1) is 13.3. The molecule has 1 heterocycles. The third-order valence-electron chi connectivity index (χ3n) is 4.28. The minimum absolute atomic E-state index is 0.381. The highest BCUT2D eigenvalue weighted by Crippen LogP contribution is 2.30. The van der Waals surface area contributed by atoms with E-state index in [1.807, 2.05) is 24.3 Å². The van der Waals surface area contributed by atoms with Crippen LogP contribution in [0.2, 0.25) is 0 Å². The molecule has 28 heavy (non-hydrogen) atoms. The van der Waals surface area contributed by atoms with Crippen LogP contribution in [0.15, 0.2) is 52.9 Å². The molecule has 0 bridgehead atoms. The molecule has 1 aromatic heterocycles. The van der Waals surface area contributed by atoms with Crippen molar-refractivity contribution in [2.45, 2.75) is 38.9 Å². The van der Waals surface area contributed by atoms with E-state index in [0.717, 1.165) is 35.4 Å². The van der Waals surface area contributed by atoms with Gasteiger partial charge in [0.25, 0.3) is 0 Å². The average Bonchev–Trinajstić information content (AvgIpc) is 3.10. The van der Waals surface area contributed by atoms with Gasteiger partial charge in [-0.25, -0.2) is 0 Å². The number of halogens is 3. The minimum Gasteiger partial charge on any atom is -0.421 e. The van der Waals surface area contributed by atoms with Crippen molar-refractivity contribution < 1.29 is 17.6 Å². The fourth-order valence-corrected chi connectivity index (χ4v) is 2.85. The lowest BCUT2D eigenvalue weighted by atomic mass is 9.99. The van der Waals surface area contributed by atoms with E-state index in [1.54, 1.807) is 0 Å². The van der Waals surface area contributed by atoms with Crippen LogP contribution >= 0.6 is 0 Å². The van der Waals surface area contributed by atoms with Crippen molar-refractivity contribution in [1.82, 2.24) is 15.5 Å². The van der Waals surface area contributed by atoms with E-state index in [0.29, 0.717) is 30.7 Å². The lowest BCUT2D eigenvalue weighted by Gasteiger charge is -2.09. The van der Waals surface area contributed by atoms with Gasteiger partial charge in [0.05, 0.1) is 5.56 Å². The predicted octanol–water partition coefficient (Wildman–Crippen LogP) is 4.89. The molecule has 3 aromatic rings. The van der Waals surface area contributed by atoms with Crippen LogP contribution in [0.5, 0.6) is 0 Å². The highest BCUT2D eigenvalue weighted by atomic mass is 19.4. The molecule has 0 aliphatic carbocycles. The molecule has 148 valence electrons. The third kappa shape index (κ3) is 5.19. The van der Waals surface area contributed by atoms with E-state index in [9.17, 15) is 13.2 Å². The number of nitrogens with zero attached hydrogens (tertiary/aromatic N) is 2. The van der Waals surface area contributed by atoms with Gasteiger partial charge in [0.15, 0.2) is 0 Å². The quantitative estimate of drug-likeness (QED) is 0.625. The van der Waals surface area contributed by atoms with Gasteiger partial charge in [-0.05, 0) is 35.7 Å². The molecule has 0 aliphatic heterocycles. The van der Waals surface area contributed by atoms with Crippen LogP contribution in [0, 0.1) is 0 Å². The van der Waals surface area contributed by atoms with Crippen LogP contribution in [0.25, 0.3) is 11.5 Å². The summed E-state index contributed by atoms with van der Waals surface area (Å²) in [5.74, 6) is 0.967. The smallest absolute Gasteiger partial charge is 0.416 e. The zero-order valence-electron chi connectivity index (χ0n) is 15.8. The Hall–Kier alpha value is -2.67. The molecule has 2 aromatic carbocycles. The number of hydrogen-bond acceptors (Lipinski definition) is 4. The molecule has 0 aliphatic rings. The van der Waals surface area contributed by atoms with Crippen molar-refractivity contribution in [3.8, 4) is 11.5 Å². The van der Waals surface area contributed by atoms with E-state index >= 15 is 0 Å². The van der Waals surface area contributed by atoms with Gasteiger partial charge in [0.1, 0.15) is 0 Å². The van der Waals surface area contributed by atoms with Gasteiger partial charge in [-0.2, -0.15) is 13.2 Å². The third-order valence-corrected chi connectivity index (χ3v) is 4.28. The minimum atomic E-state index is -4.33. The Morgan fingerprint density at radius 3 is 2.39 bits per heavy atom. The molecule has 0 saturated heterocycles. The Bertz CT molecular complexity index is 902. The lowest BCUT2D eigenvalue weighted by Crippen LogP contribution is -2.25. The molecule has 0 radical (unpaired) electrons. The normalized spacial score (nSPS) is 11.9. The SMILES string of the molecule is CC(C)NCCc1nnc(-c2ccccc2Cc2ccc(C(F)(F)F)cc2)o1. The first kappa shape index (κ1) is 20.1. The summed E-state index contributed by atoms with van der Waals surface area (Å²) < 4.78 is 44.0. The molecule has 4 nitrogen and oxygen atoms in total. The summed E-state index contributed by atoms with van der Waals surface area (Å²) in [4.78, 5) is 0. The summed E-state index contributed by atoms with van der Waals surface area (Å²) in [6, 6.07) is 13.1. The molecular formula is C21H22F3N3O. The largest absolute Gasteiger partial charge is 0.421 e. The van der Waals surface area contributed by atoms with Gasteiger partial charge in [0, 0.05) is 24.6 Å². The number of benzene rings is 2. The van der Waals surface area contributed by atoms with E-state index in [2.05, 4.69) is 29.4 Å². The molecule has 3 rings (SSSR count). The average molecular weight is 389 g/mol. The highest BCUT2D eigenvalue weighted by Gasteiger charge is 2.29. The topological polar surface area (TPSA) is 51.0 Å². The maximum atomic E-state index is 12.7. The highest BCUT2D eigenvalue weighted by molar-refractivity contribution is 5.59. The molecule has 7 heteroatoms. The Kier molecular flexibility index (Phi) is 6.14. The van der Waals surface area contributed by atoms with Gasteiger partial charge >= 0.3 is 6.18 Å². The molecule has 0 atom stereocenters. The van der Waals surface area contributed by atoms with Crippen LogP contribution in [0.4, 0.5) is 13.2 Å². The van der Waals surface area contributed by atoms with Crippen LogP contribution in [0.3, 0.4) is 0 Å². The number of nitrogens with one attached hydrogen (secondary N) is 1.